The predicted molar refractivity (Wildman–Crippen MR) is 87.0 cm³/mol. The van der Waals surface area contributed by atoms with Crippen molar-refractivity contribution in [2.45, 2.75) is 20.0 Å². The van der Waals surface area contributed by atoms with E-state index in [9.17, 15) is 18.0 Å². The highest BCUT2D eigenvalue weighted by atomic mass is 19.4. The maximum Gasteiger partial charge on any atom is 0.417 e. The number of rotatable bonds is 4. The molecule has 0 fully saturated rings. The van der Waals surface area contributed by atoms with Gasteiger partial charge in [-0.2, -0.15) is 18.4 Å². The van der Waals surface area contributed by atoms with Crippen LogP contribution in [0.5, 0.6) is 0 Å². The third-order valence-electron chi connectivity index (χ3n) is 3.35. The van der Waals surface area contributed by atoms with Crippen LogP contribution >= 0.6 is 0 Å². The summed E-state index contributed by atoms with van der Waals surface area (Å²) in [7, 11) is 0. The molecular weight excluding hydrogens is 333 g/mol. The van der Waals surface area contributed by atoms with E-state index in [0.717, 1.165) is 12.3 Å². The highest BCUT2D eigenvalue weighted by molar-refractivity contribution is 5.96. The van der Waals surface area contributed by atoms with E-state index in [0.29, 0.717) is 11.4 Å². The number of nitriles is 1. The van der Waals surface area contributed by atoms with E-state index in [4.69, 9.17) is 5.26 Å². The molecule has 2 N–H and O–H groups in total. The summed E-state index contributed by atoms with van der Waals surface area (Å²) in [6, 6.07) is 10.6. The SMILES string of the molecule is CC(C)(C#N)C(=O)Nc1ccc(Nc2ccc(C(F)(F)F)cn2)cc1. The minimum absolute atomic E-state index is 0.260. The molecule has 0 saturated carbocycles. The first-order valence-corrected chi connectivity index (χ1v) is 7.25. The number of hydrogen-bond donors (Lipinski definition) is 2. The summed E-state index contributed by atoms with van der Waals surface area (Å²) in [5.74, 6) is -0.171. The minimum atomic E-state index is -4.43. The molecular formula is C17H15F3N4O. The van der Waals surface area contributed by atoms with Crippen LogP contribution < -0.4 is 10.6 Å². The third kappa shape index (κ3) is 4.70. The lowest BCUT2D eigenvalue weighted by Gasteiger charge is -2.15. The summed E-state index contributed by atoms with van der Waals surface area (Å²) in [4.78, 5) is 15.6. The molecule has 0 bridgehead atoms. The van der Waals surface area contributed by atoms with E-state index in [1.807, 2.05) is 6.07 Å². The van der Waals surface area contributed by atoms with Crippen LogP contribution in [0.1, 0.15) is 19.4 Å². The first-order chi connectivity index (χ1) is 11.6. The average Bonchev–Trinajstić information content (AvgIpc) is 2.56. The third-order valence-corrected chi connectivity index (χ3v) is 3.35. The van der Waals surface area contributed by atoms with Crippen molar-refractivity contribution in [1.29, 1.82) is 5.26 Å². The number of alkyl halides is 3. The summed E-state index contributed by atoms with van der Waals surface area (Å²) in [5.41, 5.74) is -0.888. The number of amides is 1. The predicted octanol–water partition coefficient (Wildman–Crippen LogP) is 4.33. The molecule has 130 valence electrons. The van der Waals surface area contributed by atoms with Crippen LogP contribution in [0.4, 0.5) is 30.4 Å². The Morgan fingerprint density at radius 2 is 1.68 bits per heavy atom. The quantitative estimate of drug-likeness (QED) is 0.862. The van der Waals surface area contributed by atoms with E-state index in [1.165, 1.54) is 19.9 Å². The molecule has 2 aromatic rings. The van der Waals surface area contributed by atoms with Crippen LogP contribution in [0, 0.1) is 16.7 Å². The van der Waals surface area contributed by atoms with Crippen molar-refractivity contribution in [3.8, 4) is 6.07 Å². The Hall–Kier alpha value is -3.08. The lowest BCUT2D eigenvalue weighted by molar-refractivity contribution is -0.137. The molecule has 25 heavy (non-hydrogen) atoms. The van der Waals surface area contributed by atoms with E-state index in [-0.39, 0.29) is 5.82 Å². The van der Waals surface area contributed by atoms with Crippen LogP contribution in [0.2, 0.25) is 0 Å². The first-order valence-electron chi connectivity index (χ1n) is 7.25. The largest absolute Gasteiger partial charge is 0.417 e. The van der Waals surface area contributed by atoms with Gasteiger partial charge in [-0.05, 0) is 50.2 Å². The topological polar surface area (TPSA) is 77.8 Å². The molecule has 5 nitrogen and oxygen atoms in total. The van der Waals surface area contributed by atoms with Crippen LogP contribution in [0.15, 0.2) is 42.6 Å². The smallest absolute Gasteiger partial charge is 0.340 e. The van der Waals surface area contributed by atoms with Crippen LogP contribution in [-0.4, -0.2) is 10.9 Å². The van der Waals surface area contributed by atoms with E-state index in [1.54, 1.807) is 24.3 Å². The van der Waals surface area contributed by atoms with Gasteiger partial charge in [0, 0.05) is 17.6 Å². The first kappa shape index (κ1) is 18.3. The Kier molecular flexibility index (Phi) is 4.97. The van der Waals surface area contributed by atoms with E-state index < -0.39 is 23.1 Å². The summed E-state index contributed by atoms with van der Waals surface area (Å²) in [5, 5.41) is 14.4. The number of carbonyl (C=O) groups is 1. The Bertz CT molecular complexity index is 791. The summed E-state index contributed by atoms with van der Waals surface area (Å²) < 4.78 is 37.5. The number of nitrogens with one attached hydrogen (secondary N) is 2. The van der Waals surface area contributed by atoms with Crippen molar-refractivity contribution >= 4 is 23.1 Å². The number of aromatic nitrogens is 1. The number of anilines is 3. The fourth-order valence-electron chi connectivity index (χ4n) is 1.76. The average molecular weight is 348 g/mol. The van der Waals surface area contributed by atoms with Gasteiger partial charge < -0.3 is 10.6 Å². The van der Waals surface area contributed by atoms with Gasteiger partial charge in [0.2, 0.25) is 5.91 Å². The molecule has 0 unspecified atom stereocenters. The minimum Gasteiger partial charge on any atom is -0.340 e. The van der Waals surface area contributed by atoms with Gasteiger partial charge >= 0.3 is 6.18 Å². The van der Waals surface area contributed by atoms with Crippen LogP contribution in [0.25, 0.3) is 0 Å². The van der Waals surface area contributed by atoms with E-state index in [2.05, 4.69) is 15.6 Å². The monoisotopic (exact) mass is 348 g/mol. The highest BCUT2D eigenvalue weighted by Crippen LogP contribution is 2.29. The fourth-order valence-corrected chi connectivity index (χ4v) is 1.76. The second-order valence-corrected chi connectivity index (χ2v) is 5.82. The molecule has 1 heterocycles. The number of benzene rings is 1. The van der Waals surface area contributed by atoms with Gasteiger partial charge in [0.15, 0.2) is 0 Å². The maximum atomic E-state index is 12.5. The van der Waals surface area contributed by atoms with Crippen molar-refractivity contribution < 1.29 is 18.0 Å². The Labute approximate surface area is 142 Å². The van der Waals surface area contributed by atoms with Gasteiger partial charge in [0.25, 0.3) is 0 Å². The summed E-state index contributed by atoms with van der Waals surface area (Å²) in [6.45, 7) is 3.02. The lowest BCUT2D eigenvalue weighted by Crippen LogP contribution is -2.29. The molecule has 0 aliphatic carbocycles. The molecule has 0 radical (unpaired) electrons. The van der Waals surface area contributed by atoms with Crippen molar-refractivity contribution in [2.75, 3.05) is 10.6 Å². The number of pyridine rings is 1. The summed E-state index contributed by atoms with van der Waals surface area (Å²) in [6.07, 6.45) is -3.68. The van der Waals surface area contributed by atoms with Gasteiger partial charge in [-0.3, -0.25) is 4.79 Å². The van der Waals surface area contributed by atoms with Gasteiger partial charge in [-0.1, -0.05) is 0 Å². The standard InChI is InChI=1S/C17H15F3N4O/c1-16(2,10-21)15(25)24-13-6-4-12(5-7-13)23-14-8-3-11(9-22-14)17(18,19)20/h3-9H,1-2H3,(H,22,23)(H,24,25). The molecule has 0 aliphatic rings. The zero-order valence-corrected chi connectivity index (χ0v) is 13.5. The van der Waals surface area contributed by atoms with Gasteiger partial charge in [0.05, 0.1) is 11.6 Å². The van der Waals surface area contributed by atoms with Crippen molar-refractivity contribution in [2.24, 2.45) is 5.41 Å². The van der Waals surface area contributed by atoms with Crippen LogP contribution in [0.3, 0.4) is 0 Å². The molecule has 2 rings (SSSR count). The highest BCUT2D eigenvalue weighted by Gasteiger charge is 2.30. The Morgan fingerprint density at radius 3 is 2.16 bits per heavy atom. The number of halogens is 3. The van der Waals surface area contributed by atoms with Gasteiger partial charge in [-0.25, -0.2) is 4.98 Å². The van der Waals surface area contributed by atoms with Crippen molar-refractivity contribution in [1.82, 2.24) is 4.98 Å². The molecule has 1 aromatic heterocycles. The van der Waals surface area contributed by atoms with E-state index >= 15 is 0 Å². The molecule has 1 aromatic carbocycles. The number of hydrogen-bond acceptors (Lipinski definition) is 4. The second-order valence-electron chi connectivity index (χ2n) is 5.82. The Morgan fingerprint density at radius 1 is 1.08 bits per heavy atom. The molecule has 0 atom stereocenters. The van der Waals surface area contributed by atoms with Gasteiger partial charge in [0.1, 0.15) is 11.2 Å². The fraction of sp³-hybridized carbons (Fsp3) is 0.235. The van der Waals surface area contributed by atoms with Gasteiger partial charge in [-0.15, -0.1) is 0 Å². The van der Waals surface area contributed by atoms with Crippen LogP contribution in [-0.2, 0) is 11.0 Å². The molecule has 1 amide bonds. The number of carbonyl (C=O) groups excluding carboxylic acids is 1. The zero-order valence-electron chi connectivity index (χ0n) is 13.5. The molecule has 0 aliphatic heterocycles. The van der Waals surface area contributed by atoms with Crippen molar-refractivity contribution in [3.63, 3.8) is 0 Å². The molecule has 0 saturated heterocycles. The second kappa shape index (κ2) is 6.81. The molecule has 8 heteroatoms. The zero-order chi connectivity index (χ0) is 18.7. The van der Waals surface area contributed by atoms with Crippen molar-refractivity contribution in [3.05, 3.63) is 48.2 Å². The maximum absolute atomic E-state index is 12.5. The Balaban J connectivity index is 2.03. The number of nitrogens with zero attached hydrogens (tertiary/aromatic N) is 2. The lowest BCUT2D eigenvalue weighted by atomic mass is 9.94. The normalized spacial score (nSPS) is 11.5. The summed E-state index contributed by atoms with van der Waals surface area (Å²) >= 11 is 0. The molecule has 0 spiro atoms.